The molecule has 0 aliphatic heterocycles. The molecule has 1 heterocycles. The summed E-state index contributed by atoms with van der Waals surface area (Å²) in [4.78, 5) is 10.5. The molecule has 0 radical (unpaired) electrons. The highest BCUT2D eigenvalue weighted by atomic mass is 32.2. The molecule has 0 unspecified atom stereocenters. The average molecular weight is 342 g/mol. The molecule has 3 rings (SSSR count). The van der Waals surface area contributed by atoms with E-state index in [0.29, 0.717) is 11.6 Å². The van der Waals surface area contributed by atoms with E-state index in [1.54, 1.807) is 0 Å². The number of carboxylic acid groups (broad SMARTS) is 1. The Hall–Kier alpha value is -2.80. The molecule has 24 heavy (non-hydrogen) atoms. The van der Waals surface area contributed by atoms with Crippen molar-refractivity contribution in [3.63, 3.8) is 0 Å². The van der Waals surface area contributed by atoms with Gasteiger partial charge in [0.05, 0.1) is 0 Å². The lowest BCUT2D eigenvalue weighted by molar-refractivity contribution is -0.133. The van der Waals surface area contributed by atoms with Crippen molar-refractivity contribution in [2.24, 2.45) is 0 Å². The number of hydrogen-bond donors (Lipinski definition) is 1. The second-order valence-electron chi connectivity index (χ2n) is 4.82. The van der Waals surface area contributed by atoms with Crippen molar-refractivity contribution in [1.29, 1.82) is 0 Å². The van der Waals surface area contributed by atoms with Crippen LogP contribution in [0.25, 0.3) is 11.1 Å². The molecule has 7 heteroatoms. The van der Waals surface area contributed by atoms with E-state index in [1.807, 2.05) is 54.6 Å². The molecular formula is C17H14N2O4S. The Morgan fingerprint density at radius 3 is 2.46 bits per heavy atom. The summed E-state index contributed by atoms with van der Waals surface area (Å²) in [6, 6.07) is 17.8. The molecule has 122 valence electrons. The predicted octanol–water partition coefficient (Wildman–Crippen LogP) is 3.49. The molecule has 2 aromatic carbocycles. The van der Waals surface area contributed by atoms with Gasteiger partial charge < -0.3 is 14.3 Å². The molecule has 0 fully saturated rings. The van der Waals surface area contributed by atoms with Crippen molar-refractivity contribution in [2.45, 2.75) is 11.8 Å². The van der Waals surface area contributed by atoms with Crippen LogP contribution in [0.5, 0.6) is 5.75 Å². The van der Waals surface area contributed by atoms with E-state index >= 15 is 0 Å². The highest BCUT2D eigenvalue weighted by molar-refractivity contribution is 7.99. The third-order valence-electron chi connectivity index (χ3n) is 3.09. The first-order chi connectivity index (χ1) is 11.7. The summed E-state index contributed by atoms with van der Waals surface area (Å²) in [6.07, 6.45) is 0. The number of hydrogen-bond acceptors (Lipinski definition) is 6. The van der Waals surface area contributed by atoms with Crippen LogP contribution in [0, 0.1) is 0 Å². The zero-order valence-corrected chi connectivity index (χ0v) is 13.4. The Labute approximate surface area is 142 Å². The van der Waals surface area contributed by atoms with Gasteiger partial charge in [-0.2, -0.15) is 0 Å². The summed E-state index contributed by atoms with van der Waals surface area (Å²) in [5.74, 6) is -0.0687. The zero-order chi connectivity index (χ0) is 16.8. The van der Waals surface area contributed by atoms with E-state index in [0.717, 1.165) is 22.9 Å². The van der Waals surface area contributed by atoms with Gasteiger partial charge in [-0.1, -0.05) is 54.2 Å². The molecule has 1 aromatic heterocycles. The Balaban J connectivity index is 1.56. The van der Waals surface area contributed by atoms with Gasteiger partial charge in [-0.3, -0.25) is 4.79 Å². The van der Waals surface area contributed by atoms with Crippen molar-refractivity contribution < 1.29 is 19.1 Å². The number of rotatable bonds is 7. The predicted molar refractivity (Wildman–Crippen MR) is 88.9 cm³/mol. The minimum Gasteiger partial charge on any atom is -0.484 e. The van der Waals surface area contributed by atoms with Crippen molar-refractivity contribution in [3.05, 3.63) is 60.5 Å². The van der Waals surface area contributed by atoms with Gasteiger partial charge in [0.2, 0.25) is 0 Å². The minimum atomic E-state index is -0.936. The van der Waals surface area contributed by atoms with Crippen LogP contribution in [-0.4, -0.2) is 27.0 Å². The van der Waals surface area contributed by atoms with Crippen molar-refractivity contribution in [2.75, 3.05) is 5.75 Å². The molecule has 1 N–H and O–H groups in total. The van der Waals surface area contributed by atoms with Crippen LogP contribution in [0.15, 0.2) is 64.2 Å². The quantitative estimate of drug-likeness (QED) is 0.658. The third kappa shape index (κ3) is 4.36. The molecule has 0 bridgehead atoms. The number of aromatic nitrogens is 2. The number of aliphatic carboxylic acids is 1. The van der Waals surface area contributed by atoms with E-state index in [1.165, 1.54) is 0 Å². The maximum absolute atomic E-state index is 10.5. The number of thioether (sulfide) groups is 1. The molecule has 0 spiro atoms. The topological polar surface area (TPSA) is 85.5 Å². The average Bonchev–Trinajstić information content (AvgIpc) is 3.07. The second-order valence-corrected chi connectivity index (χ2v) is 5.75. The molecule has 3 aromatic rings. The van der Waals surface area contributed by atoms with Crippen LogP contribution in [0.2, 0.25) is 0 Å². The molecular weight excluding hydrogens is 328 g/mol. The van der Waals surface area contributed by atoms with Crippen molar-refractivity contribution in [1.82, 2.24) is 10.2 Å². The fourth-order valence-electron chi connectivity index (χ4n) is 2.00. The fourth-order valence-corrected chi connectivity index (χ4v) is 2.50. The Bertz CT molecular complexity index is 803. The van der Waals surface area contributed by atoms with E-state index in [9.17, 15) is 4.79 Å². The molecule has 0 aliphatic rings. The van der Waals surface area contributed by atoms with Gasteiger partial charge >= 0.3 is 5.97 Å². The van der Waals surface area contributed by atoms with Crippen LogP contribution in [-0.2, 0) is 11.4 Å². The lowest BCUT2D eigenvalue weighted by Gasteiger charge is -2.05. The number of carboxylic acids is 1. The van der Waals surface area contributed by atoms with Gasteiger partial charge in [-0.15, -0.1) is 10.2 Å². The van der Waals surface area contributed by atoms with Crippen LogP contribution in [0.1, 0.15) is 5.89 Å². The van der Waals surface area contributed by atoms with Gasteiger partial charge in [-0.25, -0.2) is 0 Å². The monoisotopic (exact) mass is 342 g/mol. The zero-order valence-electron chi connectivity index (χ0n) is 12.6. The smallest absolute Gasteiger partial charge is 0.314 e. The van der Waals surface area contributed by atoms with Crippen LogP contribution in [0.4, 0.5) is 0 Å². The van der Waals surface area contributed by atoms with E-state index in [-0.39, 0.29) is 17.6 Å². The molecule has 6 nitrogen and oxygen atoms in total. The van der Waals surface area contributed by atoms with E-state index in [4.69, 9.17) is 14.3 Å². The lowest BCUT2D eigenvalue weighted by atomic mass is 10.1. The Morgan fingerprint density at radius 1 is 1.04 bits per heavy atom. The number of ether oxygens (including phenoxy) is 1. The largest absolute Gasteiger partial charge is 0.484 e. The lowest BCUT2D eigenvalue weighted by Crippen LogP contribution is -1.97. The summed E-state index contributed by atoms with van der Waals surface area (Å²) in [6.45, 7) is 0.130. The first kappa shape index (κ1) is 16.1. The minimum absolute atomic E-state index is 0.122. The van der Waals surface area contributed by atoms with Gasteiger partial charge in [0.15, 0.2) is 6.61 Å². The summed E-state index contributed by atoms with van der Waals surface area (Å²) in [5.41, 5.74) is 2.24. The molecule has 0 atom stereocenters. The summed E-state index contributed by atoms with van der Waals surface area (Å²) in [5, 5.41) is 16.4. The standard InChI is InChI=1S/C17H14N2O4S/c20-16(21)11-24-17-19-18-15(23-17)10-22-14-8-6-13(7-9-14)12-4-2-1-3-5-12/h1-9H,10-11H2,(H,20,21). The fraction of sp³-hybridized carbons (Fsp3) is 0.118. The SMILES string of the molecule is O=C(O)CSc1nnc(COc2ccc(-c3ccccc3)cc2)o1. The first-order valence-corrected chi connectivity index (χ1v) is 8.14. The third-order valence-corrected chi connectivity index (χ3v) is 3.89. The molecule has 0 saturated heterocycles. The first-order valence-electron chi connectivity index (χ1n) is 7.16. The van der Waals surface area contributed by atoms with Gasteiger partial charge in [-0.05, 0) is 23.3 Å². The molecule has 0 amide bonds. The van der Waals surface area contributed by atoms with Gasteiger partial charge in [0.1, 0.15) is 11.5 Å². The van der Waals surface area contributed by atoms with Crippen LogP contribution in [0.3, 0.4) is 0 Å². The van der Waals surface area contributed by atoms with Crippen molar-refractivity contribution >= 4 is 17.7 Å². The maximum Gasteiger partial charge on any atom is 0.314 e. The van der Waals surface area contributed by atoms with Gasteiger partial charge in [0.25, 0.3) is 11.1 Å². The Morgan fingerprint density at radius 2 is 1.75 bits per heavy atom. The van der Waals surface area contributed by atoms with E-state index in [2.05, 4.69) is 10.2 Å². The molecule has 0 saturated carbocycles. The second kappa shape index (κ2) is 7.65. The maximum atomic E-state index is 10.5. The summed E-state index contributed by atoms with van der Waals surface area (Å²) < 4.78 is 10.9. The summed E-state index contributed by atoms with van der Waals surface area (Å²) >= 11 is 0.975. The normalized spacial score (nSPS) is 10.5. The number of carbonyl (C=O) groups is 1. The van der Waals surface area contributed by atoms with Crippen LogP contribution < -0.4 is 4.74 Å². The van der Waals surface area contributed by atoms with Gasteiger partial charge in [0, 0.05) is 0 Å². The van der Waals surface area contributed by atoms with Crippen LogP contribution >= 0.6 is 11.8 Å². The summed E-state index contributed by atoms with van der Waals surface area (Å²) in [7, 11) is 0. The number of nitrogens with zero attached hydrogens (tertiary/aromatic N) is 2. The number of benzene rings is 2. The van der Waals surface area contributed by atoms with E-state index < -0.39 is 5.97 Å². The highest BCUT2D eigenvalue weighted by Gasteiger charge is 2.09. The van der Waals surface area contributed by atoms with Crippen molar-refractivity contribution in [3.8, 4) is 16.9 Å². The Kier molecular flexibility index (Phi) is 5.12. The molecule has 0 aliphatic carbocycles. The highest BCUT2D eigenvalue weighted by Crippen LogP contribution is 2.23.